The number of rotatable bonds is 5. The molecule has 1 N–H and O–H groups in total. The van der Waals surface area contributed by atoms with Crippen LogP contribution >= 0.6 is 11.6 Å². The van der Waals surface area contributed by atoms with Gasteiger partial charge in [0, 0.05) is 18.2 Å². The van der Waals surface area contributed by atoms with Crippen LogP contribution in [-0.2, 0) is 9.53 Å². The Labute approximate surface area is 157 Å². The summed E-state index contributed by atoms with van der Waals surface area (Å²) in [5, 5.41) is 13.6. The van der Waals surface area contributed by atoms with E-state index in [1.54, 1.807) is 0 Å². The van der Waals surface area contributed by atoms with Crippen molar-refractivity contribution in [3.8, 4) is 0 Å². The molecule has 8 heteroatoms. The van der Waals surface area contributed by atoms with Crippen molar-refractivity contribution in [1.82, 2.24) is 5.32 Å². The Bertz CT molecular complexity index is 709. The van der Waals surface area contributed by atoms with E-state index in [1.165, 1.54) is 13.0 Å². The predicted molar refractivity (Wildman–Crippen MR) is 97.1 cm³/mol. The third kappa shape index (κ3) is 4.72. The fraction of sp³-hybridized carbons (Fsp3) is 0.556. The van der Waals surface area contributed by atoms with Gasteiger partial charge >= 0.3 is 5.97 Å². The smallest absolute Gasteiger partial charge is 0.340 e. The van der Waals surface area contributed by atoms with Gasteiger partial charge in [0.05, 0.1) is 15.5 Å². The zero-order chi connectivity index (χ0) is 19.4. The van der Waals surface area contributed by atoms with E-state index >= 15 is 0 Å². The predicted octanol–water partition coefficient (Wildman–Crippen LogP) is 3.73. The molecular weight excluding hydrogens is 360 g/mol. The molecule has 2 rings (SSSR count). The molecule has 1 aromatic carbocycles. The number of hydrogen-bond acceptors (Lipinski definition) is 5. The van der Waals surface area contributed by atoms with Gasteiger partial charge in [0.2, 0.25) is 0 Å². The van der Waals surface area contributed by atoms with Gasteiger partial charge in [-0.25, -0.2) is 4.79 Å². The third-order valence-electron chi connectivity index (χ3n) is 5.07. The Morgan fingerprint density at radius 2 is 2.04 bits per heavy atom. The molecule has 1 saturated carbocycles. The Morgan fingerprint density at radius 1 is 1.35 bits per heavy atom. The molecule has 0 spiro atoms. The molecule has 7 nitrogen and oxygen atoms in total. The third-order valence-corrected chi connectivity index (χ3v) is 5.38. The number of esters is 1. The van der Waals surface area contributed by atoms with Crippen molar-refractivity contribution in [2.24, 2.45) is 11.8 Å². The van der Waals surface area contributed by atoms with Gasteiger partial charge in [0.15, 0.2) is 6.10 Å². The number of nitrogens with zero attached hydrogens (tertiary/aromatic N) is 1. The molecule has 1 amide bonds. The highest BCUT2D eigenvalue weighted by Crippen LogP contribution is 2.29. The second-order valence-corrected chi connectivity index (χ2v) is 7.26. The molecule has 4 atom stereocenters. The van der Waals surface area contributed by atoms with E-state index in [4.69, 9.17) is 16.3 Å². The molecule has 142 valence electrons. The maximum atomic E-state index is 12.3. The van der Waals surface area contributed by atoms with Crippen molar-refractivity contribution in [3.63, 3.8) is 0 Å². The summed E-state index contributed by atoms with van der Waals surface area (Å²) < 4.78 is 5.18. The van der Waals surface area contributed by atoms with Gasteiger partial charge in [-0.1, -0.05) is 38.3 Å². The van der Waals surface area contributed by atoms with Crippen LogP contribution in [0.3, 0.4) is 0 Å². The van der Waals surface area contributed by atoms with Crippen molar-refractivity contribution < 1.29 is 19.2 Å². The Hall–Kier alpha value is -2.15. The Balaban J connectivity index is 1.98. The van der Waals surface area contributed by atoms with Crippen molar-refractivity contribution in [2.75, 3.05) is 0 Å². The highest BCUT2D eigenvalue weighted by molar-refractivity contribution is 6.33. The number of amides is 1. The first-order valence-corrected chi connectivity index (χ1v) is 9.03. The number of halogens is 1. The van der Waals surface area contributed by atoms with Gasteiger partial charge < -0.3 is 10.1 Å². The Morgan fingerprint density at radius 3 is 2.65 bits per heavy atom. The SMILES string of the molecule is C[C@H]1[C@@H](NC(=O)[C@@H](C)OC(=O)c2ccc([N+](=O)[O-])cc2Cl)CCC[C@@H]1C. The highest BCUT2D eigenvalue weighted by atomic mass is 35.5. The van der Waals surface area contributed by atoms with Crippen molar-refractivity contribution in [3.05, 3.63) is 38.9 Å². The van der Waals surface area contributed by atoms with Crippen LogP contribution in [0.5, 0.6) is 0 Å². The molecule has 1 aliphatic rings. The molecule has 1 aromatic rings. The van der Waals surface area contributed by atoms with Crippen LogP contribution in [-0.4, -0.2) is 28.9 Å². The first kappa shape index (κ1) is 20.2. The normalized spacial score (nSPS) is 23.8. The van der Waals surface area contributed by atoms with Crippen LogP contribution in [0.15, 0.2) is 18.2 Å². The Kier molecular flexibility index (Phi) is 6.58. The van der Waals surface area contributed by atoms with Crippen LogP contribution in [0.1, 0.15) is 50.4 Å². The molecule has 1 fully saturated rings. The number of hydrogen-bond donors (Lipinski definition) is 1. The van der Waals surface area contributed by atoms with Crippen molar-refractivity contribution in [2.45, 2.75) is 52.2 Å². The molecule has 0 bridgehead atoms. The lowest BCUT2D eigenvalue weighted by molar-refractivity contribution is -0.384. The largest absolute Gasteiger partial charge is 0.449 e. The van der Waals surface area contributed by atoms with Crippen LogP contribution in [0, 0.1) is 22.0 Å². The fourth-order valence-corrected chi connectivity index (χ4v) is 3.40. The highest BCUT2D eigenvalue weighted by Gasteiger charge is 2.30. The second-order valence-electron chi connectivity index (χ2n) is 6.85. The molecule has 0 saturated heterocycles. The van der Waals surface area contributed by atoms with Crippen LogP contribution in [0.4, 0.5) is 5.69 Å². The molecule has 0 aromatic heterocycles. The second kappa shape index (κ2) is 8.49. The van der Waals surface area contributed by atoms with E-state index in [2.05, 4.69) is 19.2 Å². The van der Waals surface area contributed by atoms with Gasteiger partial charge in [-0.3, -0.25) is 14.9 Å². The maximum absolute atomic E-state index is 12.3. The fourth-order valence-electron chi connectivity index (χ4n) is 3.15. The average Bonchev–Trinajstić information content (AvgIpc) is 2.58. The summed E-state index contributed by atoms with van der Waals surface area (Å²) in [5.41, 5.74) is -0.241. The minimum atomic E-state index is -0.988. The minimum Gasteiger partial charge on any atom is -0.449 e. The summed E-state index contributed by atoms with van der Waals surface area (Å²) in [6.07, 6.45) is 2.13. The van der Waals surface area contributed by atoms with E-state index in [0.717, 1.165) is 31.4 Å². The van der Waals surface area contributed by atoms with Crippen LogP contribution in [0.2, 0.25) is 5.02 Å². The molecule has 1 aliphatic carbocycles. The first-order chi connectivity index (χ1) is 12.2. The molecule has 0 aliphatic heterocycles. The van der Waals surface area contributed by atoms with Gasteiger partial charge in [-0.2, -0.15) is 0 Å². The lowest BCUT2D eigenvalue weighted by Crippen LogP contribution is -2.47. The topological polar surface area (TPSA) is 98.5 Å². The van der Waals surface area contributed by atoms with Crippen molar-refractivity contribution >= 4 is 29.2 Å². The molecule has 0 heterocycles. The number of nitrogens with one attached hydrogen (secondary N) is 1. The molecule has 0 radical (unpaired) electrons. The van der Waals surface area contributed by atoms with Gasteiger partial charge in [-0.15, -0.1) is 0 Å². The van der Waals surface area contributed by atoms with Crippen molar-refractivity contribution in [1.29, 1.82) is 0 Å². The quantitative estimate of drug-likeness (QED) is 0.475. The lowest BCUT2D eigenvalue weighted by Gasteiger charge is -2.35. The van der Waals surface area contributed by atoms with E-state index in [0.29, 0.717) is 11.8 Å². The van der Waals surface area contributed by atoms with Crippen LogP contribution < -0.4 is 5.32 Å². The zero-order valence-corrected chi connectivity index (χ0v) is 15.8. The first-order valence-electron chi connectivity index (χ1n) is 8.66. The zero-order valence-electron chi connectivity index (χ0n) is 15.0. The number of nitro benzene ring substituents is 1. The van der Waals surface area contributed by atoms with Gasteiger partial charge in [-0.05, 0) is 31.2 Å². The summed E-state index contributed by atoms with van der Waals surface area (Å²) in [6.45, 7) is 5.77. The van der Waals surface area contributed by atoms with E-state index in [-0.39, 0.29) is 28.2 Å². The summed E-state index contributed by atoms with van der Waals surface area (Å²) in [4.78, 5) is 34.7. The van der Waals surface area contributed by atoms with E-state index in [9.17, 15) is 19.7 Å². The maximum Gasteiger partial charge on any atom is 0.340 e. The number of carbonyl (C=O) groups excluding carboxylic acids is 2. The monoisotopic (exact) mass is 382 g/mol. The number of benzene rings is 1. The van der Waals surface area contributed by atoms with E-state index in [1.807, 2.05) is 0 Å². The number of non-ortho nitro benzene ring substituents is 1. The lowest BCUT2D eigenvalue weighted by atomic mass is 9.78. The number of carbonyl (C=O) groups is 2. The van der Waals surface area contributed by atoms with E-state index < -0.39 is 17.0 Å². The summed E-state index contributed by atoms with van der Waals surface area (Å²) in [5.74, 6) is -0.259. The summed E-state index contributed by atoms with van der Waals surface area (Å²) in [7, 11) is 0. The average molecular weight is 383 g/mol. The molecular formula is C18H23ClN2O5. The summed E-state index contributed by atoms with van der Waals surface area (Å²) >= 11 is 5.92. The van der Waals surface area contributed by atoms with Crippen LogP contribution in [0.25, 0.3) is 0 Å². The molecule has 26 heavy (non-hydrogen) atoms. The standard InChI is InChI=1S/C18H23ClN2O5/c1-10-5-4-6-16(11(10)2)20-17(22)12(3)26-18(23)14-8-7-13(21(24)25)9-15(14)19/h7-12,16H,4-6H2,1-3H3,(H,20,22)/t10-,11+,12+,16-/m0/s1. The number of ether oxygens (including phenoxy) is 1. The van der Waals surface area contributed by atoms with Gasteiger partial charge in [0.25, 0.3) is 11.6 Å². The molecule has 0 unspecified atom stereocenters. The minimum absolute atomic E-state index is 0.0171. The summed E-state index contributed by atoms with van der Waals surface area (Å²) in [6, 6.07) is 3.53. The van der Waals surface area contributed by atoms with Gasteiger partial charge in [0.1, 0.15) is 0 Å². The number of nitro groups is 1.